The first-order chi connectivity index (χ1) is 7.58. The Balaban J connectivity index is 2.47. The molecular weight excluding hydrogens is 272 g/mol. The van der Waals surface area contributed by atoms with Gasteiger partial charge in [-0.2, -0.15) is 0 Å². The van der Waals surface area contributed by atoms with E-state index in [4.69, 9.17) is 5.11 Å². The summed E-state index contributed by atoms with van der Waals surface area (Å²) in [6.45, 7) is 1.77. The van der Waals surface area contributed by atoms with Gasteiger partial charge in [0.15, 0.2) is 5.69 Å². The topological polar surface area (TPSA) is 55.1 Å². The number of imidazole rings is 1. The molecule has 1 N–H and O–H groups in total. The largest absolute Gasteiger partial charge is 0.476 e. The molecule has 5 heteroatoms. The Morgan fingerprint density at radius 1 is 1.38 bits per heavy atom. The molecule has 1 aromatic carbocycles. The van der Waals surface area contributed by atoms with Gasteiger partial charge in [-0.25, -0.2) is 9.78 Å². The quantitative estimate of drug-likeness (QED) is 0.920. The van der Waals surface area contributed by atoms with E-state index < -0.39 is 5.97 Å². The van der Waals surface area contributed by atoms with Crippen molar-refractivity contribution in [1.82, 2.24) is 9.55 Å². The van der Waals surface area contributed by atoms with E-state index in [-0.39, 0.29) is 5.69 Å². The number of benzene rings is 1. The number of aryl methyl sites for hydroxylation is 1. The van der Waals surface area contributed by atoms with Crippen LogP contribution in [0.2, 0.25) is 0 Å². The average molecular weight is 281 g/mol. The van der Waals surface area contributed by atoms with Crippen molar-refractivity contribution < 1.29 is 9.90 Å². The molecule has 1 heterocycles. The Morgan fingerprint density at radius 2 is 2.00 bits per heavy atom. The molecule has 1 aromatic heterocycles. The zero-order chi connectivity index (χ0) is 11.7. The number of hydrogen-bond acceptors (Lipinski definition) is 2. The lowest BCUT2D eigenvalue weighted by molar-refractivity contribution is 0.0691. The van der Waals surface area contributed by atoms with Crippen LogP contribution in [0.15, 0.2) is 34.9 Å². The lowest BCUT2D eigenvalue weighted by atomic mass is 10.3. The molecule has 0 atom stereocenters. The van der Waals surface area contributed by atoms with Crippen molar-refractivity contribution in [2.45, 2.75) is 6.92 Å². The molecule has 2 rings (SSSR count). The van der Waals surface area contributed by atoms with Crippen LogP contribution in [-0.2, 0) is 0 Å². The van der Waals surface area contributed by atoms with Crippen molar-refractivity contribution in [3.05, 3.63) is 46.5 Å². The second-order valence-corrected chi connectivity index (χ2v) is 4.24. The van der Waals surface area contributed by atoms with E-state index in [1.165, 1.54) is 6.20 Å². The van der Waals surface area contributed by atoms with Crippen LogP contribution in [0, 0.1) is 6.92 Å². The highest BCUT2D eigenvalue weighted by Gasteiger charge is 2.10. The standard InChI is InChI=1S/C11H9BrN2O2/c1-7-13-10(11(15)16)6-14(7)9-4-2-8(12)3-5-9/h2-6H,1H3,(H,15,16). The first kappa shape index (κ1) is 10.9. The maximum absolute atomic E-state index is 10.8. The third-order valence-corrected chi connectivity index (χ3v) is 2.73. The van der Waals surface area contributed by atoms with Crippen LogP contribution in [-0.4, -0.2) is 20.6 Å². The van der Waals surface area contributed by atoms with Crippen molar-refractivity contribution in [3.8, 4) is 5.69 Å². The van der Waals surface area contributed by atoms with Gasteiger partial charge in [0, 0.05) is 16.4 Å². The number of carboxylic acids is 1. The van der Waals surface area contributed by atoms with Crippen LogP contribution in [0.3, 0.4) is 0 Å². The molecule has 0 bridgehead atoms. The first-order valence-corrected chi connectivity index (χ1v) is 5.42. The Kier molecular flexibility index (Phi) is 2.78. The molecule has 0 saturated carbocycles. The minimum absolute atomic E-state index is 0.0559. The Morgan fingerprint density at radius 3 is 2.50 bits per heavy atom. The van der Waals surface area contributed by atoms with E-state index >= 15 is 0 Å². The van der Waals surface area contributed by atoms with Crippen LogP contribution in [0.5, 0.6) is 0 Å². The SMILES string of the molecule is Cc1nc(C(=O)O)cn1-c1ccc(Br)cc1. The summed E-state index contributed by atoms with van der Waals surface area (Å²) in [6, 6.07) is 7.58. The van der Waals surface area contributed by atoms with Crippen molar-refractivity contribution >= 4 is 21.9 Å². The smallest absolute Gasteiger partial charge is 0.356 e. The molecular formula is C11H9BrN2O2. The second-order valence-electron chi connectivity index (χ2n) is 3.32. The third-order valence-electron chi connectivity index (χ3n) is 2.21. The monoisotopic (exact) mass is 280 g/mol. The molecule has 4 nitrogen and oxygen atoms in total. The van der Waals surface area contributed by atoms with Crippen molar-refractivity contribution in [2.24, 2.45) is 0 Å². The fraction of sp³-hybridized carbons (Fsp3) is 0.0909. The fourth-order valence-corrected chi connectivity index (χ4v) is 1.70. The van der Waals surface area contributed by atoms with Crippen LogP contribution < -0.4 is 0 Å². The van der Waals surface area contributed by atoms with Crippen LogP contribution in [0.1, 0.15) is 16.3 Å². The van der Waals surface area contributed by atoms with Gasteiger partial charge in [-0.15, -0.1) is 0 Å². The highest BCUT2D eigenvalue weighted by Crippen LogP contribution is 2.16. The zero-order valence-electron chi connectivity index (χ0n) is 8.51. The summed E-state index contributed by atoms with van der Waals surface area (Å²) in [5, 5.41) is 8.83. The van der Waals surface area contributed by atoms with E-state index in [1.807, 2.05) is 24.3 Å². The zero-order valence-corrected chi connectivity index (χ0v) is 10.1. The van der Waals surface area contributed by atoms with Gasteiger partial charge in [-0.1, -0.05) is 15.9 Å². The number of nitrogens with zero attached hydrogens (tertiary/aromatic N) is 2. The van der Waals surface area contributed by atoms with E-state index in [0.29, 0.717) is 5.82 Å². The number of carboxylic acid groups (broad SMARTS) is 1. The molecule has 0 radical (unpaired) electrons. The Bertz CT molecular complexity index is 531. The molecule has 2 aromatic rings. The van der Waals surface area contributed by atoms with E-state index in [9.17, 15) is 4.79 Å². The summed E-state index contributed by atoms with van der Waals surface area (Å²) >= 11 is 3.35. The van der Waals surface area contributed by atoms with Gasteiger partial charge in [0.2, 0.25) is 0 Å². The van der Waals surface area contributed by atoms with E-state index in [2.05, 4.69) is 20.9 Å². The molecule has 0 aliphatic rings. The number of rotatable bonds is 2. The Labute approximate surface area is 101 Å². The third kappa shape index (κ3) is 1.99. The number of carbonyl (C=O) groups is 1. The summed E-state index contributed by atoms with van der Waals surface area (Å²) in [5.41, 5.74) is 0.945. The molecule has 0 aliphatic carbocycles. The molecule has 0 fully saturated rings. The maximum Gasteiger partial charge on any atom is 0.356 e. The fourth-order valence-electron chi connectivity index (χ4n) is 1.44. The van der Waals surface area contributed by atoms with Gasteiger partial charge in [0.25, 0.3) is 0 Å². The van der Waals surface area contributed by atoms with E-state index in [1.54, 1.807) is 11.5 Å². The highest BCUT2D eigenvalue weighted by molar-refractivity contribution is 9.10. The van der Waals surface area contributed by atoms with E-state index in [0.717, 1.165) is 10.2 Å². The van der Waals surface area contributed by atoms with Crippen molar-refractivity contribution in [3.63, 3.8) is 0 Å². The lowest BCUT2D eigenvalue weighted by Crippen LogP contribution is -1.95. The van der Waals surface area contributed by atoms with Crippen molar-refractivity contribution in [2.75, 3.05) is 0 Å². The molecule has 82 valence electrons. The van der Waals surface area contributed by atoms with Gasteiger partial charge in [-0.3, -0.25) is 0 Å². The first-order valence-electron chi connectivity index (χ1n) is 4.63. The van der Waals surface area contributed by atoms with Crippen LogP contribution in [0.25, 0.3) is 5.69 Å². The molecule has 0 amide bonds. The summed E-state index contributed by atoms with van der Waals surface area (Å²) < 4.78 is 2.73. The van der Waals surface area contributed by atoms with Gasteiger partial charge in [0.05, 0.1) is 0 Å². The molecule has 16 heavy (non-hydrogen) atoms. The molecule has 0 aliphatic heterocycles. The predicted octanol–water partition coefficient (Wildman–Crippen LogP) is 2.64. The number of aromatic carboxylic acids is 1. The highest BCUT2D eigenvalue weighted by atomic mass is 79.9. The van der Waals surface area contributed by atoms with Crippen molar-refractivity contribution in [1.29, 1.82) is 0 Å². The van der Waals surface area contributed by atoms with Gasteiger partial charge in [-0.05, 0) is 31.2 Å². The lowest BCUT2D eigenvalue weighted by Gasteiger charge is -2.03. The van der Waals surface area contributed by atoms with Gasteiger partial charge < -0.3 is 9.67 Å². The number of aromatic nitrogens is 2. The predicted molar refractivity (Wildman–Crippen MR) is 63.0 cm³/mol. The van der Waals surface area contributed by atoms with Gasteiger partial charge in [0.1, 0.15) is 5.82 Å². The Hall–Kier alpha value is -1.62. The second kappa shape index (κ2) is 4.09. The van der Waals surface area contributed by atoms with Crippen LogP contribution in [0.4, 0.5) is 0 Å². The minimum atomic E-state index is -1.01. The number of halogens is 1. The molecule has 0 saturated heterocycles. The number of hydrogen-bond donors (Lipinski definition) is 1. The summed E-state index contributed by atoms with van der Waals surface area (Å²) in [4.78, 5) is 14.7. The summed E-state index contributed by atoms with van der Waals surface area (Å²) in [7, 11) is 0. The molecule has 0 unspecified atom stereocenters. The van der Waals surface area contributed by atoms with Crippen LogP contribution >= 0.6 is 15.9 Å². The minimum Gasteiger partial charge on any atom is -0.476 e. The molecule has 0 spiro atoms. The normalized spacial score (nSPS) is 10.4. The van der Waals surface area contributed by atoms with Gasteiger partial charge >= 0.3 is 5.97 Å². The maximum atomic E-state index is 10.8. The summed E-state index contributed by atoms with van der Waals surface area (Å²) in [6.07, 6.45) is 1.51. The summed E-state index contributed by atoms with van der Waals surface area (Å²) in [5.74, 6) is -0.362. The average Bonchev–Trinajstić information content (AvgIpc) is 2.62.